The topological polar surface area (TPSA) is 26.7 Å². The molecule has 3 heteroatoms. The molecule has 0 aromatic heterocycles. The summed E-state index contributed by atoms with van der Waals surface area (Å²) in [4.78, 5) is 4.73. The number of aliphatic hydroxyl groups is 1. The van der Waals surface area contributed by atoms with Crippen LogP contribution in [0.2, 0.25) is 0 Å². The van der Waals surface area contributed by atoms with Crippen LogP contribution in [0.4, 0.5) is 0 Å². The highest BCUT2D eigenvalue weighted by atomic mass is 16.3. The minimum absolute atomic E-state index is 0.373. The minimum atomic E-state index is -0.373. The summed E-state index contributed by atoms with van der Waals surface area (Å²) in [5.41, 5.74) is 2.23. The van der Waals surface area contributed by atoms with E-state index < -0.39 is 0 Å². The van der Waals surface area contributed by atoms with Gasteiger partial charge in [-0.25, -0.2) is 0 Å². The van der Waals surface area contributed by atoms with Crippen molar-refractivity contribution in [1.82, 2.24) is 9.80 Å². The highest BCUT2D eigenvalue weighted by molar-refractivity contribution is 5.27. The average molecular weight is 248 g/mol. The normalized spacial score (nSPS) is 24.1. The Kier molecular flexibility index (Phi) is 4.38. The van der Waals surface area contributed by atoms with Gasteiger partial charge in [0.2, 0.25) is 0 Å². The third kappa shape index (κ3) is 3.10. The Morgan fingerprint density at radius 3 is 2.72 bits per heavy atom. The molecule has 0 aliphatic carbocycles. The van der Waals surface area contributed by atoms with E-state index in [1.807, 2.05) is 18.2 Å². The Labute approximate surface area is 110 Å². The maximum Gasteiger partial charge on any atom is 0.0919 e. The maximum absolute atomic E-state index is 10.4. The fourth-order valence-corrected chi connectivity index (χ4v) is 2.59. The van der Waals surface area contributed by atoms with Crippen molar-refractivity contribution in [2.24, 2.45) is 0 Å². The number of hydrogen-bond donors (Lipinski definition) is 1. The molecule has 0 radical (unpaired) electrons. The summed E-state index contributed by atoms with van der Waals surface area (Å²) in [6.07, 6.45) is -0.373. The van der Waals surface area contributed by atoms with E-state index in [2.05, 4.69) is 36.8 Å². The highest BCUT2D eigenvalue weighted by Crippen LogP contribution is 2.19. The number of aryl methyl sites for hydroxylation is 1. The lowest BCUT2D eigenvalue weighted by molar-refractivity contribution is 0.0566. The number of piperazine rings is 1. The van der Waals surface area contributed by atoms with E-state index in [4.69, 9.17) is 0 Å². The number of benzene rings is 1. The van der Waals surface area contributed by atoms with Crippen LogP contribution < -0.4 is 0 Å². The molecule has 0 spiro atoms. The van der Waals surface area contributed by atoms with Gasteiger partial charge in [0, 0.05) is 32.2 Å². The van der Waals surface area contributed by atoms with Gasteiger partial charge in [-0.3, -0.25) is 4.90 Å². The van der Waals surface area contributed by atoms with Gasteiger partial charge in [-0.05, 0) is 32.0 Å². The zero-order valence-corrected chi connectivity index (χ0v) is 11.6. The van der Waals surface area contributed by atoms with Crippen molar-refractivity contribution >= 4 is 0 Å². The zero-order chi connectivity index (χ0) is 13.1. The Morgan fingerprint density at radius 1 is 1.33 bits per heavy atom. The lowest BCUT2D eigenvalue weighted by atomic mass is 10.0. The van der Waals surface area contributed by atoms with Crippen LogP contribution in [-0.2, 0) is 0 Å². The molecule has 1 heterocycles. The number of aliphatic hydroxyl groups excluding tert-OH is 1. The average Bonchev–Trinajstić information content (AvgIpc) is 2.34. The molecular formula is C15H24N2O. The Morgan fingerprint density at radius 2 is 2.06 bits per heavy atom. The molecule has 2 atom stereocenters. The first-order valence-corrected chi connectivity index (χ1v) is 6.74. The first-order chi connectivity index (χ1) is 8.58. The van der Waals surface area contributed by atoms with E-state index >= 15 is 0 Å². The molecule has 1 aliphatic rings. The van der Waals surface area contributed by atoms with Crippen molar-refractivity contribution in [2.75, 3.05) is 33.2 Å². The largest absolute Gasteiger partial charge is 0.387 e. The van der Waals surface area contributed by atoms with Crippen molar-refractivity contribution in [3.8, 4) is 0 Å². The molecule has 1 N–H and O–H groups in total. The van der Waals surface area contributed by atoms with Crippen LogP contribution in [-0.4, -0.2) is 54.2 Å². The number of hydrogen-bond acceptors (Lipinski definition) is 3. The Hall–Kier alpha value is -0.900. The summed E-state index contributed by atoms with van der Waals surface area (Å²) in [6.45, 7) is 8.21. The monoisotopic (exact) mass is 248 g/mol. The predicted molar refractivity (Wildman–Crippen MR) is 74.7 cm³/mol. The van der Waals surface area contributed by atoms with Crippen molar-refractivity contribution in [2.45, 2.75) is 26.0 Å². The van der Waals surface area contributed by atoms with E-state index in [-0.39, 0.29) is 6.10 Å². The van der Waals surface area contributed by atoms with Crippen LogP contribution in [0.5, 0.6) is 0 Å². The van der Waals surface area contributed by atoms with Crippen LogP contribution in [0.25, 0.3) is 0 Å². The van der Waals surface area contributed by atoms with Gasteiger partial charge in [0.05, 0.1) is 6.10 Å². The zero-order valence-electron chi connectivity index (χ0n) is 11.6. The van der Waals surface area contributed by atoms with Crippen LogP contribution in [0, 0.1) is 6.92 Å². The van der Waals surface area contributed by atoms with Gasteiger partial charge in [0.1, 0.15) is 0 Å². The summed E-state index contributed by atoms with van der Waals surface area (Å²) in [6, 6.07) is 8.68. The molecule has 0 bridgehead atoms. The van der Waals surface area contributed by atoms with Gasteiger partial charge in [0.15, 0.2) is 0 Å². The first-order valence-electron chi connectivity index (χ1n) is 6.74. The number of rotatable bonds is 3. The SMILES string of the molecule is Cc1ccccc1C(O)CN1CCN(C)C(C)C1. The lowest BCUT2D eigenvalue weighted by Gasteiger charge is -2.38. The molecule has 1 saturated heterocycles. The van der Waals surface area contributed by atoms with E-state index in [9.17, 15) is 5.11 Å². The minimum Gasteiger partial charge on any atom is -0.387 e. The smallest absolute Gasteiger partial charge is 0.0919 e. The molecular weight excluding hydrogens is 224 g/mol. The molecule has 2 unspecified atom stereocenters. The summed E-state index contributed by atoms with van der Waals surface area (Å²) in [5.74, 6) is 0. The van der Waals surface area contributed by atoms with Crippen molar-refractivity contribution in [3.05, 3.63) is 35.4 Å². The molecule has 0 saturated carbocycles. The van der Waals surface area contributed by atoms with Crippen molar-refractivity contribution in [1.29, 1.82) is 0 Å². The van der Waals surface area contributed by atoms with E-state index in [1.54, 1.807) is 0 Å². The third-order valence-corrected chi connectivity index (χ3v) is 4.02. The molecule has 18 heavy (non-hydrogen) atoms. The summed E-state index contributed by atoms with van der Waals surface area (Å²) in [5, 5.41) is 10.4. The maximum atomic E-state index is 10.4. The molecule has 2 rings (SSSR count). The molecule has 1 aromatic rings. The fraction of sp³-hybridized carbons (Fsp3) is 0.600. The van der Waals surface area contributed by atoms with E-state index in [0.717, 1.165) is 31.7 Å². The third-order valence-electron chi connectivity index (χ3n) is 4.02. The van der Waals surface area contributed by atoms with Gasteiger partial charge >= 0.3 is 0 Å². The standard InChI is InChI=1S/C15H24N2O/c1-12-6-4-5-7-14(12)15(18)11-17-9-8-16(3)13(2)10-17/h4-7,13,15,18H,8-11H2,1-3H3. The van der Waals surface area contributed by atoms with Gasteiger partial charge in [0.25, 0.3) is 0 Å². The number of likely N-dealkylation sites (N-methyl/N-ethyl adjacent to an activating group) is 1. The Balaban J connectivity index is 1.96. The van der Waals surface area contributed by atoms with Crippen LogP contribution in [0.15, 0.2) is 24.3 Å². The molecule has 1 fully saturated rings. The molecule has 100 valence electrons. The Bertz CT molecular complexity index is 394. The van der Waals surface area contributed by atoms with Crippen LogP contribution >= 0.6 is 0 Å². The lowest BCUT2D eigenvalue weighted by Crippen LogP contribution is -2.50. The van der Waals surface area contributed by atoms with E-state index in [1.165, 1.54) is 5.56 Å². The van der Waals surface area contributed by atoms with Gasteiger partial charge < -0.3 is 10.0 Å². The molecule has 1 aliphatic heterocycles. The molecule has 3 nitrogen and oxygen atoms in total. The van der Waals surface area contributed by atoms with Crippen LogP contribution in [0.1, 0.15) is 24.2 Å². The van der Waals surface area contributed by atoms with Gasteiger partial charge in [-0.2, -0.15) is 0 Å². The van der Waals surface area contributed by atoms with Crippen molar-refractivity contribution in [3.63, 3.8) is 0 Å². The molecule has 0 amide bonds. The van der Waals surface area contributed by atoms with Gasteiger partial charge in [-0.1, -0.05) is 24.3 Å². The summed E-state index contributed by atoms with van der Waals surface area (Å²) < 4.78 is 0. The highest BCUT2D eigenvalue weighted by Gasteiger charge is 2.23. The van der Waals surface area contributed by atoms with E-state index in [0.29, 0.717) is 6.04 Å². The molecule has 1 aromatic carbocycles. The first kappa shape index (κ1) is 13.5. The second kappa shape index (κ2) is 5.83. The predicted octanol–water partition coefficient (Wildman–Crippen LogP) is 1.66. The van der Waals surface area contributed by atoms with Crippen molar-refractivity contribution < 1.29 is 5.11 Å². The fourth-order valence-electron chi connectivity index (χ4n) is 2.59. The summed E-state index contributed by atoms with van der Waals surface area (Å²) in [7, 11) is 2.17. The van der Waals surface area contributed by atoms with Crippen LogP contribution in [0.3, 0.4) is 0 Å². The second-order valence-electron chi connectivity index (χ2n) is 5.46. The summed E-state index contributed by atoms with van der Waals surface area (Å²) >= 11 is 0. The second-order valence-corrected chi connectivity index (χ2v) is 5.46. The van der Waals surface area contributed by atoms with Gasteiger partial charge in [-0.15, -0.1) is 0 Å². The number of nitrogens with zero attached hydrogens (tertiary/aromatic N) is 2. The number of β-amino-alcohol motifs (C(OH)–C–C–N with tert-alkyl or cyclic N) is 1. The quantitative estimate of drug-likeness (QED) is 0.881.